The van der Waals surface area contributed by atoms with E-state index in [-0.39, 0.29) is 24.0 Å². The molecule has 2 aromatic rings. The van der Waals surface area contributed by atoms with E-state index in [1.54, 1.807) is 18.2 Å². The molecule has 1 unspecified atom stereocenters. The van der Waals surface area contributed by atoms with Crippen LogP contribution in [0.1, 0.15) is 31.9 Å². The van der Waals surface area contributed by atoms with Gasteiger partial charge < -0.3 is 14.8 Å². The van der Waals surface area contributed by atoms with Gasteiger partial charge in [-0.25, -0.2) is 0 Å². The fraction of sp³-hybridized carbons (Fsp3) is 0.381. The highest BCUT2D eigenvalue weighted by molar-refractivity contribution is 6.42. The highest BCUT2D eigenvalue weighted by Crippen LogP contribution is 2.30. The molecule has 2 aromatic carbocycles. The summed E-state index contributed by atoms with van der Waals surface area (Å²) in [5, 5.41) is 4.21. The van der Waals surface area contributed by atoms with Gasteiger partial charge in [-0.3, -0.25) is 4.79 Å². The van der Waals surface area contributed by atoms with Crippen molar-refractivity contribution in [3.05, 3.63) is 64.1 Å². The van der Waals surface area contributed by atoms with Crippen LogP contribution < -0.4 is 10.1 Å². The van der Waals surface area contributed by atoms with Crippen LogP contribution in [-0.4, -0.2) is 25.7 Å². The van der Waals surface area contributed by atoms with Crippen molar-refractivity contribution in [3.63, 3.8) is 0 Å². The Labute approximate surface area is 170 Å². The first kappa shape index (κ1) is 21.5. The van der Waals surface area contributed by atoms with Gasteiger partial charge >= 0.3 is 5.97 Å². The monoisotopic (exact) mass is 409 g/mol. The quantitative estimate of drug-likeness (QED) is 0.571. The second-order valence-electron chi connectivity index (χ2n) is 6.58. The number of halogens is 2. The summed E-state index contributed by atoms with van der Waals surface area (Å²) in [4.78, 5) is 11.9. The van der Waals surface area contributed by atoms with Gasteiger partial charge in [0.25, 0.3) is 0 Å². The number of esters is 1. The third-order valence-electron chi connectivity index (χ3n) is 4.23. The standard InChI is InChI=1S/C21H25Cl2NO3/c1-14(2)20(21(25)26-3)24-12-11-19(15-7-5-4-6-8-15)27-16-9-10-17(22)18(23)13-16/h4-10,13-14,19-20,24H,11-12H2,1-3H3/t19?,20-/m0/s1. The molecule has 0 aliphatic rings. The molecule has 0 fully saturated rings. The van der Waals surface area contributed by atoms with Crippen molar-refractivity contribution in [1.82, 2.24) is 5.32 Å². The van der Waals surface area contributed by atoms with Gasteiger partial charge in [-0.05, 0) is 30.2 Å². The maximum atomic E-state index is 11.9. The van der Waals surface area contributed by atoms with Gasteiger partial charge in [-0.1, -0.05) is 67.4 Å². The van der Waals surface area contributed by atoms with E-state index in [0.29, 0.717) is 28.8 Å². The minimum absolute atomic E-state index is 0.128. The van der Waals surface area contributed by atoms with Gasteiger partial charge in [0.15, 0.2) is 0 Å². The van der Waals surface area contributed by atoms with Gasteiger partial charge in [-0.15, -0.1) is 0 Å². The average molecular weight is 410 g/mol. The summed E-state index contributed by atoms with van der Waals surface area (Å²) in [6.07, 6.45) is 0.478. The van der Waals surface area contributed by atoms with Gasteiger partial charge in [0.1, 0.15) is 17.9 Å². The third kappa shape index (κ3) is 6.42. The van der Waals surface area contributed by atoms with E-state index >= 15 is 0 Å². The maximum absolute atomic E-state index is 11.9. The fourth-order valence-electron chi connectivity index (χ4n) is 2.76. The van der Waals surface area contributed by atoms with Crippen LogP contribution in [0.4, 0.5) is 0 Å². The van der Waals surface area contributed by atoms with Gasteiger partial charge in [-0.2, -0.15) is 0 Å². The van der Waals surface area contributed by atoms with Crippen LogP contribution in [0.3, 0.4) is 0 Å². The smallest absolute Gasteiger partial charge is 0.323 e. The Balaban J connectivity index is 2.09. The van der Waals surface area contributed by atoms with Crippen molar-refractivity contribution in [2.75, 3.05) is 13.7 Å². The van der Waals surface area contributed by atoms with Crippen LogP contribution in [0.5, 0.6) is 5.75 Å². The summed E-state index contributed by atoms with van der Waals surface area (Å²) in [6.45, 7) is 4.56. The second-order valence-corrected chi connectivity index (χ2v) is 7.40. The second kappa shape index (κ2) is 10.5. The lowest BCUT2D eigenvalue weighted by Gasteiger charge is -2.23. The molecule has 4 nitrogen and oxygen atoms in total. The van der Waals surface area contributed by atoms with Crippen molar-refractivity contribution >= 4 is 29.2 Å². The third-order valence-corrected chi connectivity index (χ3v) is 4.97. The molecule has 0 heterocycles. The number of hydrogen-bond acceptors (Lipinski definition) is 4. The summed E-state index contributed by atoms with van der Waals surface area (Å²) < 4.78 is 11.0. The van der Waals surface area contributed by atoms with Crippen LogP contribution in [0.2, 0.25) is 10.0 Å². The number of carbonyl (C=O) groups excluding carboxylic acids is 1. The van der Waals surface area contributed by atoms with E-state index in [1.165, 1.54) is 7.11 Å². The molecule has 0 spiro atoms. The minimum Gasteiger partial charge on any atom is -0.486 e. The highest BCUT2D eigenvalue weighted by atomic mass is 35.5. The van der Waals surface area contributed by atoms with E-state index in [0.717, 1.165) is 5.56 Å². The van der Waals surface area contributed by atoms with E-state index in [1.807, 2.05) is 44.2 Å². The van der Waals surface area contributed by atoms with Crippen molar-refractivity contribution in [3.8, 4) is 5.75 Å². The fourth-order valence-corrected chi connectivity index (χ4v) is 3.05. The van der Waals surface area contributed by atoms with Crippen molar-refractivity contribution in [2.45, 2.75) is 32.4 Å². The Morgan fingerprint density at radius 3 is 2.37 bits per heavy atom. The molecule has 2 atom stereocenters. The van der Waals surface area contributed by atoms with Crippen LogP contribution in [0.25, 0.3) is 0 Å². The summed E-state index contributed by atoms with van der Waals surface area (Å²) in [5.41, 5.74) is 1.05. The zero-order valence-corrected chi connectivity index (χ0v) is 17.3. The van der Waals surface area contributed by atoms with E-state index < -0.39 is 0 Å². The predicted octanol–water partition coefficient (Wildman–Crippen LogP) is 5.29. The number of ether oxygens (including phenoxy) is 2. The highest BCUT2D eigenvalue weighted by Gasteiger charge is 2.23. The number of rotatable bonds is 9. The van der Waals surface area contributed by atoms with E-state index in [4.69, 9.17) is 32.7 Å². The molecule has 0 aliphatic carbocycles. The molecule has 146 valence electrons. The SMILES string of the molecule is COC(=O)[C@@H](NCCC(Oc1ccc(Cl)c(Cl)c1)c1ccccc1)C(C)C. The van der Waals surface area contributed by atoms with Crippen molar-refractivity contribution in [2.24, 2.45) is 5.92 Å². The van der Waals surface area contributed by atoms with Crippen molar-refractivity contribution < 1.29 is 14.3 Å². The Hall–Kier alpha value is -1.75. The number of hydrogen-bond donors (Lipinski definition) is 1. The summed E-state index contributed by atoms with van der Waals surface area (Å²) in [6, 6.07) is 14.8. The molecule has 0 saturated heterocycles. The van der Waals surface area contributed by atoms with E-state index in [9.17, 15) is 4.79 Å². The average Bonchev–Trinajstić information content (AvgIpc) is 2.67. The van der Waals surface area contributed by atoms with Crippen LogP contribution in [0, 0.1) is 5.92 Å². The molecule has 1 N–H and O–H groups in total. The first-order valence-electron chi connectivity index (χ1n) is 8.90. The maximum Gasteiger partial charge on any atom is 0.323 e. The molecular formula is C21H25Cl2NO3. The van der Waals surface area contributed by atoms with Gasteiger partial charge in [0.2, 0.25) is 0 Å². The predicted molar refractivity (Wildman–Crippen MR) is 110 cm³/mol. The molecular weight excluding hydrogens is 385 g/mol. The largest absolute Gasteiger partial charge is 0.486 e. The lowest BCUT2D eigenvalue weighted by atomic mass is 10.0. The summed E-state index contributed by atoms with van der Waals surface area (Å²) in [7, 11) is 1.40. The topological polar surface area (TPSA) is 47.6 Å². The molecule has 0 aliphatic heterocycles. The lowest BCUT2D eigenvalue weighted by molar-refractivity contribution is -0.144. The Bertz CT molecular complexity index is 737. The zero-order valence-electron chi connectivity index (χ0n) is 15.7. The van der Waals surface area contributed by atoms with Gasteiger partial charge in [0.05, 0.1) is 17.2 Å². The van der Waals surface area contributed by atoms with E-state index in [2.05, 4.69) is 5.32 Å². The van der Waals surface area contributed by atoms with Crippen LogP contribution in [-0.2, 0) is 9.53 Å². The minimum atomic E-state index is -0.351. The molecule has 0 saturated carbocycles. The Morgan fingerprint density at radius 1 is 1.07 bits per heavy atom. The molecule has 27 heavy (non-hydrogen) atoms. The number of methoxy groups -OCH3 is 1. The first-order chi connectivity index (χ1) is 12.9. The number of carbonyl (C=O) groups is 1. The van der Waals surface area contributed by atoms with Crippen LogP contribution in [0.15, 0.2) is 48.5 Å². The van der Waals surface area contributed by atoms with Crippen LogP contribution >= 0.6 is 23.2 Å². The lowest BCUT2D eigenvalue weighted by Crippen LogP contribution is -2.42. The molecule has 2 rings (SSSR count). The zero-order chi connectivity index (χ0) is 19.8. The summed E-state index contributed by atoms with van der Waals surface area (Å²) in [5.74, 6) is 0.516. The molecule has 6 heteroatoms. The summed E-state index contributed by atoms with van der Waals surface area (Å²) >= 11 is 12.1. The van der Waals surface area contributed by atoms with Crippen molar-refractivity contribution in [1.29, 1.82) is 0 Å². The first-order valence-corrected chi connectivity index (χ1v) is 9.65. The number of benzene rings is 2. The molecule has 0 amide bonds. The Morgan fingerprint density at radius 2 is 1.78 bits per heavy atom. The molecule has 0 aromatic heterocycles. The normalized spacial score (nSPS) is 13.3. The van der Waals surface area contributed by atoms with Gasteiger partial charge in [0, 0.05) is 12.5 Å². The Kier molecular flexibility index (Phi) is 8.42. The number of nitrogens with one attached hydrogen (secondary N) is 1. The molecule has 0 radical (unpaired) electrons. The molecule has 0 bridgehead atoms.